The molecule has 0 spiro atoms. The second kappa shape index (κ2) is 8.54. The highest BCUT2D eigenvalue weighted by molar-refractivity contribution is 5.80. The molecule has 0 bridgehead atoms. The van der Waals surface area contributed by atoms with Gasteiger partial charge in [0.1, 0.15) is 18.2 Å². The number of rotatable bonds is 6. The van der Waals surface area contributed by atoms with Crippen LogP contribution in [0, 0.1) is 0 Å². The largest absolute Gasteiger partial charge is 0.491 e. The molecule has 28 heavy (non-hydrogen) atoms. The number of ether oxygens (including phenoxy) is 1. The van der Waals surface area contributed by atoms with Gasteiger partial charge in [0, 0.05) is 32.7 Å². The van der Waals surface area contributed by atoms with Crippen LogP contribution in [0.5, 0.6) is 5.75 Å². The van der Waals surface area contributed by atoms with Gasteiger partial charge >= 0.3 is 0 Å². The molecule has 4 rings (SSSR count). The zero-order chi connectivity index (χ0) is 19.3. The van der Waals surface area contributed by atoms with E-state index in [0.717, 1.165) is 50.6 Å². The van der Waals surface area contributed by atoms with E-state index in [1.165, 1.54) is 0 Å². The second-order valence-electron chi connectivity index (χ2n) is 7.05. The molecule has 0 aliphatic carbocycles. The summed E-state index contributed by atoms with van der Waals surface area (Å²) >= 11 is 0. The molecule has 1 aliphatic rings. The lowest BCUT2D eigenvalue weighted by molar-refractivity contribution is 0.121. The maximum atomic E-state index is 12.4. The molecule has 0 unspecified atom stereocenters. The van der Waals surface area contributed by atoms with Crippen molar-refractivity contribution in [3.05, 3.63) is 58.9 Å². The van der Waals surface area contributed by atoms with Gasteiger partial charge in [-0.1, -0.05) is 31.2 Å². The Hall–Kier alpha value is -2.70. The summed E-state index contributed by atoms with van der Waals surface area (Å²) in [7, 11) is 0. The van der Waals surface area contributed by atoms with Crippen molar-refractivity contribution in [1.29, 1.82) is 0 Å². The van der Waals surface area contributed by atoms with Gasteiger partial charge < -0.3 is 14.6 Å². The molecule has 1 saturated heterocycles. The number of likely N-dealkylation sites (N-methyl/N-ethyl adjacent to an activating group) is 1. The summed E-state index contributed by atoms with van der Waals surface area (Å²) < 4.78 is 6.08. The molecule has 146 valence electrons. The van der Waals surface area contributed by atoms with Crippen molar-refractivity contribution in [3.63, 3.8) is 0 Å². The maximum absolute atomic E-state index is 12.4. The first-order valence-electron chi connectivity index (χ1n) is 9.90. The van der Waals surface area contributed by atoms with Crippen LogP contribution < -0.4 is 10.3 Å². The van der Waals surface area contributed by atoms with E-state index in [9.17, 15) is 4.79 Å². The number of hydrogen-bond acceptors (Lipinski definition) is 5. The molecule has 3 aromatic rings. The molecule has 6 nitrogen and oxygen atoms in total. The van der Waals surface area contributed by atoms with Crippen LogP contribution in [0.15, 0.2) is 53.3 Å². The highest BCUT2D eigenvalue weighted by Gasteiger charge is 2.16. The van der Waals surface area contributed by atoms with Crippen LogP contribution >= 0.6 is 0 Å². The Morgan fingerprint density at radius 1 is 1.00 bits per heavy atom. The number of piperazine rings is 1. The quantitative estimate of drug-likeness (QED) is 0.714. The predicted octanol–water partition coefficient (Wildman–Crippen LogP) is 2.61. The highest BCUT2D eigenvalue weighted by atomic mass is 16.5. The minimum absolute atomic E-state index is 0.135. The molecule has 1 fully saturated rings. The molecule has 6 heteroatoms. The number of hydrogen-bond donors (Lipinski definition) is 1. The van der Waals surface area contributed by atoms with Gasteiger partial charge in [0.2, 0.25) is 0 Å². The molecular weight excluding hydrogens is 352 g/mol. The van der Waals surface area contributed by atoms with E-state index < -0.39 is 0 Å². The van der Waals surface area contributed by atoms with Gasteiger partial charge in [-0.3, -0.25) is 9.69 Å². The number of fused-ring (bicyclic) bond motifs is 1. The number of nitrogens with zero attached hydrogens (tertiary/aromatic N) is 3. The van der Waals surface area contributed by atoms with E-state index in [-0.39, 0.29) is 5.56 Å². The number of H-pyrrole nitrogens is 1. The average molecular weight is 378 g/mol. The third kappa shape index (κ3) is 4.08. The van der Waals surface area contributed by atoms with Crippen molar-refractivity contribution in [3.8, 4) is 17.1 Å². The molecule has 0 saturated carbocycles. The summed E-state index contributed by atoms with van der Waals surface area (Å²) in [5.41, 5.74) is 1.36. The Bertz CT molecular complexity index is 993. The smallest absolute Gasteiger partial charge is 0.259 e. The Kier molecular flexibility index (Phi) is 5.69. The Morgan fingerprint density at radius 3 is 2.54 bits per heavy atom. The van der Waals surface area contributed by atoms with Gasteiger partial charge in [-0.05, 0) is 30.8 Å². The highest BCUT2D eigenvalue weighted by Crippen LogP contribution is 2.27. The summed E-state index contributed by atoms with van der Waals surface area (Å²) in [5.74, 6) is 1.28. The zero-order valence-electron chi connectivity index (χ0n) is 16.2. The van der Waals surface area contributed by atoms with Gasteiger partial charge in [0.15, 0.2) is 0 Å². The van der Waals surface area contributed by atoms with Crippen molar-refractivity contribution >= 4 is 10.9 Å². The molecular formula is C22H26N4O2. The van der Waals surface area contributed by atoms with Crippen LogP contribution in [0.4, 0.5) is 0 Å². The summed E-state index contributed by atoms with van der Waals surface area (Å²) in [5, 5.41) is 0.593. The van der Waals surface area contributed by atoms with E-state index >= 15 is 0 Å². The molecule has 0 amide bonds. The SMILES string of the molecule is CCN1CCN(CCOc2ccccc2-c2nc3ccccc3c(=O)[nH]2)CC1. The van der Waals surface area contributed by atoms with Crippen LogP contribution in [-0.2, 0) is 0 Å². The van der Waals surface area contributed by atoms with E-state index in [0.29, 0.717) is 23.3 Å². The summed E-state index contributed by atoms with van der Waals surface area (Å²) in [6.45, 7) is 9.24. The second-order valence-corrected chi connectivity index (χ2v) is 7.05. The predicted molar refractivity (Wildman–Crippen MR) is 112 cm³/mol. The third-order valence-corrected chi connectivity index (χ3v) is 5.33. The topological polar surface area (TPSA) is 61.5 Å². The molecule has 1 N–H and O–H groups in total. The van der Waals surface area contributed by atoms with E-state index in [2.05, 4.69) is 26.7 Å². The third-order valence-electron chi connectivity index (χ3n) is 5.33. The van der Waals surface area contributed by atoms with Gasteiger partial charge in [-0.2, -0.15) is 0 Å². The van der Waals surface area contributed by atoms with Crippen molar-refractivity contribution in [1.82, 2.24) is 19.8 Å². The number of para-hydroxylation sites is 2. The summed E-state index contributed by atoms with van der Waals surface area (Å²) in [6, 6.07) is 15.1. The molecule has 1 aliphatic heterocycles. The average Bonchev–Trinajstić information content (AvgIpc) is 2.74. The Labute approximate surface area is 164 Å². The first kappa shape index (κ1) is 18.7. The fraction of sp³-hybridized carbons (Fsp3) is 0.364. The van der Waals surface area contributed by atoms with Gasteiger partial charge in [-0.15, -0.1) is 0 Å². The fourth-order valence-electron chi connectivity index (χ4n) is 3.62. The van der Waals surface area contributed by atoms with Gasteiger partial charge in [-0.25, -0.2) is 4.98 Å². The first-order chi connectivity index (χ1) is 13.7. The lowest BCUT2D eigenvalue weighted by atomic mass is 10.1. The number of aromatic nitrogens is 2. The van der Waals surface area contributed by atoms with Crippen LogP contribution in [0.2, 0.25) is 0 Å². The van der Waals surface area contributed by atoms with Gasteiger partial charge in [0.05, 0.1) is 16.5 Å². The van der Waals surface area contributed by atoms with Crippen LogP contribution in [0.25, 0.3) is 22.3 Å². The first-order valence-corrected chi connectivity index (χ1v) is 9.90. The fourth-order valence-corrected chi connectivity index (χ4v) is 3.62. The monoisotopic (exact) mass is 378 g/mol. The minimum atomic E-state index is -0.135. The zero-order valence-corrected chi connectivity index (χ0v) is 16.2. The minimum Gasteiger partial charge on any atom is -0.491 e. The molecule has 2 aromatic carbocycles. The molecule has 0 radical (unpaired) electrons. The lowest BCUT2D eigenvalue weighted by Gasteiger charge is -2.33. The normalized spacial score (nSPS) is 15.8. The standard InChI is InChI=1S/C22H26N4O2/c1-2-25-11-13-26(14-12-25)15-16-28-20-10-6-4-8-18(20)21-23-19-9-5-3-7-17(19)22(27)24-21/h3-10H,2,11-16H2,1H3,(H,23,24,27). The van der Waals surface area contributed by atoms with E-state index in [1.807, 2.05) is 42.5 Å². The number of aromatic amines is 1. The van der Waals surface area contributed by atoms with Crippen LogP contribution in [0.1, 0.15) is 6.92 Å². The number of nitrogens with one attached hydrogen (secondary N) is 1. The molecule has 2 heterocycles. The van der Waals surface area contributed by atoms with E-state index in [4.69, 9.17) is 4.74 Å². The lowest BCUT2D eigenvalue weighted by Crippen LogP contribution is -2.47. The van der Waals surface area contributed by atoms with Crippen molar-refractivity contribution in [2.24, 2.45) is 0 Å². The Morgan fingerprint density at radius 2 is 1.71 bits per heavy atom. The maximum Gasteiger partial charge on any atom is 0.259 e. The van der Waals surface area contributed by atoms with Crippen molar-refractivity contribution in [2.45, 2.75) is 6.92 Å². The molecule has 1 aromatic heterocycles. The van der Waals surface area contributed by atoms with E-state index in [1.54, 1.807) is 6.07 Å². The molecule has 0 atom stereocenters. The summed E-state index contributed by atoms with van der Waals surface area (Å²) in [4.78, 5) is 24.8. The number of benzene rings is 2. The van der Waals surface area contributed by atoms with Gasteiger partial charge in [0.25, 0.3) is 5.56 Å². The summed E-state index contributed by atoms with van der Waals surface area (Å²) in [6.07, 6.45) is 0. The van der Waals surface area contributed by atoms with Crippen LogP contribution in [0.3, 0.4) is 0 Å². The van der Waals surface area contributed by atoms with Crippen LogP contribution in [-0.4, -0.2) is 65.6 Å². The van der Waals surface area contributed by atoms with Crippen molar-refractivity contribution < 1.29 is 4.74 Å². The van der Waals surface area contributed by atoms with Crippen molar-refractivity contribution in [2.75, 3.05) is 45.9 Å². The Balaban J connectivity index is 1.48.